The molecule has 0 aliphatic heterocycles. The minimum absolute atomic E-state index is 0.388. The summed E-state index contributed by atoms with van der Waals surface area (Å²) in [6.07, 6.45) is 4.58. The second-order valence-electron chi connectivity index (χ2n) is 2.49. The molecule has 0 atom stereocenters. The first-order valence-corrected chi connectivity index (χ1v) is 4.02. The molecule has 0 N–H and O–H groups in total. The third-order valence-electron chi connectivity index (χ3n) is 1.58. The van der Waals surface area contributed by atoms with Crippen molar-refractivity contribution in [2.75, 3.05) is 14.2 Å². The van der Waals surface area contributed by atoms with Gasteiger partial charge in [-0.25, -0.2) is 9.78 Å². The number of rotatable bonds is 3. The van der Waals surface area contributed by atoms with Crippen molar-refractivity contribution in [2.24, 2.45) is 0 Å². The second-order valence-corrected chi connectivity index (χ2v) is 2.49. The van der Waals surface area contributed by atoms with E-state index in [9.17, 15) is 4.79 Å². The molecule has 1 aromatic rings. The van der Waals surface area contributed by atoms with E-state index in [1.807, 2.05) is 0 Å². The Bertz CT molecular complexity index is 347. The van der Waals surface area contributed by atoms with Crippen LogP contribution < -0.4 is 4.74 Å². The number of hydrogen-bond donors (Lipinski definition) is 0. The third-order valence-corrected chi connectivity index (χ3v) is 1.58. The summed E-state index contributed by atoms with van der Waals surface area (Å²) in [4.78, 5) is 14.7. The van der Waals surface area contributed by atoms with Gasteiger partial charge < -0.3 is 9.47 Å². The van der Waals surface area contributed by atoms with E-state index in [0.29, 0.717) is 5.88 Å². The predicted molar refractivity (Wildman–Crippen MR) is 51.8 cm³/mol. The van der Waals surface area contributed by atoms with Crippen LogP contribution in [0.1, 0.15) is 5.56 Å². The Hall–Kier alpha value is -1.84. The molecule has 0 fully saturated rings. The van der Waals surface area contributed by atoms with E-state index < -0.39 is 0 Å². The van der Waals surface area contributed by atoms with E-state index in [-0.39, 0.29) is 5.97 Å². The summed E-state index contributed by atoms with van der Waals surface area (Å²) in [5.74, 6) is 0.123. The Morgan fingerprint density at radius 1 is 1.50 bits per heavy atom. The number of carbonyl (C=O) groups is 1. The zero-order chi connectivity index (χ0) is 10.4. The molecule has 0 bridgehead atoms. The fourth-order valence-electron chi connectivity index (χ4n) is 0.872. The molecular formula is C10H11NO3. The van der Waals surface area contributed by atoms with Crippen molar-refractivity contribution in [3.8, 4) is 5.88 Å². The highest BCUT2D eigenvalue weighted by molar-refractivity contribution is 5.86. The Morgan fingerprint density at radius 2 is 2.29 bits per heavy atom. The Labute approximate surface area is 82.2 Å². The molecule has 1 aromatic heterocycles. The van der Waals surface area contributed by atoms with Gasteiger partial charge in [-0.15, -0.1) is 0 Å². The monoisotopic (exact) mass is 193 g/mol. The summed E-state index contributed by atoms with van der Waals surface area (Å²) in [5.41, 5.74) is 0.835. The van der Waals surface area contributed by atoms with Gasteiger partial charge in [-0.1, -0.05) is 0 Å². The Balaban J connectivity index is 2.76. The van der Waals surface area contributed by atoms with Gasteiger partial charge in [0.2, 0.25) is 5.88 Å². The molecule has 0 saturated carbocycles. The molecule has 0 saturated heterocycles. The Kier molecular flexibility index (Phi) is 3.67. The van der Waals surface area contributed by atoms with Gasteiger partial charge in [0.15, 0.2) is 0 Å². The number of carbonyl (C=O) groups excluding carboxylic acids is 1. The third kappa shape index (κ3) is 2.90. The van der Waals surface area contributed by atoms with Crippen LogP contribution in [0.2, 0.25) is 0 Å². The lowest BCUT2D eigenvalue weighted by molar-refractivity contribution is -0.134. The second kappa shape index (κ2) is 5.01. The van der Waals surface area contributed by atoms with Crippen molar-refractivity contribution in [3.05, 3.63) is 30.0 Å². The van der Waals surface area contributed by atoms with Gasteiger partial charge in [0, 0.05) is 18.3 Å². The zero-order valence-corrected chi connectivity index (χ0v) is 8.06. The van der Waals surface area contributed by atoms with Crippen LogP contribution in [0, 0.1) is 0 Å². The largest absolute Gasteiger partial charge is 0.481 e. The molecule has 1 heterocycles. The van der Waals surface area contributed by atoms with Crippen molar-refractivity contribution in [3.63, 3.8) is 0 Å². The molecular weight excluding hydrogens is 182 g/mol. The lowest BCUT2D eigenvalue weighted by atomic mass is 10.2. The molecule has 0 spiro atoms. The van der Waals surface area contributed by atoms with Gasteiger partial charge in [-0.05, 0) is 17.7 Å². The first kappa shape index (κ1) is 10.2. The number of esters is 1. The Morgan fingerprint density at radius 3 is 2.93 bits per heavy atom. The van der Waals surface area contributed by atoms with Gasteiger partial charge >= 0.3 is 5.97 Å². The van der Waals surface area contributed by atoms with Gasteiger partial charge in [-0.3, -0.25) is 0 Å². The van der Waals surface area contributed by atoms with Gasteiger partial charge in [0.25, 0.3) is 0 Å². The van der Waals surface area contributed by atoms with Crippen LogP contribution in [-0.4, -0.2) is 25.2 Å². The first-order chi connectivity index (χ1) is 6.76. The van der Waals surface area contributed by atoms with Crippen LogP contribution >= 0.6 is 0 Å². The average molecular weight is 193 g/mol. The normalized spacial score (nSPS) is 10.1. The van der Waals surface area contributed by atoms with Crippen molar-refractivity contribution in [1.82, 2.24) is 4.98 Å². The minimum Gasteiger partial charge on any atom is -0.481 e. The van der Waals surface area contributed by atoms with Crippen LogP contribution in [0.3, 0.4) is 0 Å². The topological polar surface area (TPSA) is 48.4 Å². The number of ether oxygens (including phenoxy) is 2. The number of aromatic nitrogens is 1. The summed E-state index contributed by atoms with van der Waals surface area (Å²) in [6.45, 7) is 0. The summed E-state index contributed by atoms with van der Waals surface area (Å²) in [5, 5.41) is 0. The summed E-state index contributed by atoms with van der Waals surface area (Å²) < 4.78 is 9.38. The number of hydrogen-bond acceptors (Lipinski definition) is 4. The molecule has 4 nitrogen and oxygen atoms in total. The molecule has 0 aromatic carbocycles. The molecule has 4 heteroatoms. The minimum atomic E-state index is -0.388. The average Bonchev–Trinajstić information content (AvgIpc) is 2.26. The number of nitrogens with zero attached hydrogens (tertiary/aromatic N) is 1. The van der Waals surface area contributed by atoms with Crippen LogP contribution in [0.15, 0.2) is 24.4 Å². The molecule has 0 aliphatic carbocycles. The van der Waals surface area contributed by atoms with Gasteiger partial charge in [0.1, 0.15) is 0 Å². The van der Waals surface area contributed by atoms with Crippen LogP contribution in [-0.2, 0) is 9.53 Å². The standard InChI is InChI=1S/C10H11NO3/c1-13-9-7-8(5-6-11-9)3-4-10(12)14-2/h3-7H,1-2H3. The molecule has 1 rings (SSSR count). The SMILES string of the molecule is COC(=O)C=Cc1ccnc(OC)c1. The smallest absolute Gasteiger partial charge is 0.330 e. The van der Waals surface area contributed by atoms with E-state index in [1.165, 1.54) is 20.3 Å². The maximum absolute atomic E-state index is 10.8. The van der Waals surface area contributed by atoms with Crippen molar-refractivity contribution >= 4 is 12.0 Å². The number of pyridine rings is 1. The highest BCUT2D eigenvalue weighted by atomic mass is 16.5. The molecule has 0 amide bonds. The van der Waals surface area contributed by atoms with Crippen LogP contribution in [0.5, 0.6) is 5.88 Å². The molecule has 0 unspecified atom stereocenters. The summed E-state index contributed by atoms with van der Waals surface area (Å²) in [7, 11) is 2.87. The van der Waals surface area contributed by atoms with E-state index in [0.717, 1.165) is 5.56 Å². The van der Waals surface area contributed by atoms with Crippen LogP contribution in [0.4, 0.5) is 0 Å². The van der Waals surface area contributed by atoms with Crippen molar-refractivity contribution < 1.29 is 14.3 Å². The molecule has 0 radical (unpaired) electrons. The quantitative estimate of drug-likeness (QED) is 0.536. The van der Waals surface area contributed by atoms with E-state index >= 15 is 0 Å². The van der Waals surface area contributed by atoms with E-state index in [1.54, 1.807) is 24.4 Å². The van der Waals surface area contributed by atoms with E-state index in [2.05, 4.69) is 9.72 Å². The predicted octanol–water partition coefficient (Wildman–Crippen LogP) is 1.28. The van der Waals surface area contributed by atoms with Crippen molar-refractivity contribution in [2.45, 2.75) is 0 Å². The van der Waals surface area contributed by atoms with Gasteiger partial charge in [0.05, 0.1) is 14.2 Å². The van der Waals surface area contributed by atoms with Crippen LogP contribution in [0.25, 0.3) is 6.08 Å². The fourth-order valence-corrected chi connectivity index (χ4v) is 0.872. The molecule has 74 valence electrons. The number of methoxy groups -OCH3 is 2. The zero-order valence-electron chi connectivity index (χ0n) is 8.06. The highest BCUT2D eigenvalue weighted by Gasteiger charge is 1.94. The first-order valence-electron chi connectivity index (χ1n) is 4.02. The maximum Gasteiger partial charge on any atom is 0.330 e. The molecule has 0 aliphatic rings. The molecule has 14 heavy (non-hydrogen) atoms. The lowest BCUT2D eigenvalue weighted by Crippen LogP contribution is -1.93. The van der Waals surface area contributed by atoms with Gasteiger partial charge in [-0.2, -0.15) is 0 Å². The summed E-state index contributed by atoms with van der Waals surface area (Å²) >= 11 is 0. The highest BCUT2D eigenvalue weighted by Crippen LogP contribution is 2.09. The van der Waals surface area contributed by atoms with E-state index in [4.69, 9.17) is 4.74 Å². The lowest BCUT2D eigenvalue weighted by Gasteiger charge is -1.98. The van der Waals surface area contributed by atoms with Crippen molar-refractivity contribution in [1.29, 1.82) is 0 Å². The maximum atomic E-state index is 10.8. The fraction of sp³-hybridized carbons (Fsp3) is 0.200. The summed E-state index contributed by atoms with van der Waals surface area (Å²) in [6, 6.07) is 3.49.